The number of likely N-dealkylation sites (tertiary alicyclic amines) is 2. The number of nitriles is 1. The topological polar surface area (TPSA) is 106 Å². The molecule has 9 heteroatoms. The quantitative estimate of drug-likeness (QED) is 0.773. The van der Waals surface area contributed by atoms with E-state index in [1.54, 1.807) is 29.2 Å². The predicted octanol–water partition coefficient (Wildman–Crippen LogP) is 2.48. The van der Waals surface area contributed by atoms with E-state index in [0.29, 0.717) is 37.2 Å². The lowest BCUT2D eigenvalue weighted by Gasteiger charge is -2.29. The zero-order chi connectivity index (χ0) is 21.8. The lowest BCUT2D eigenvalue weighted by atomic mass is 9.98. The molecule has 1 aromatic carbocycles. The first-order chi connectivity index (χ1) is 15.0. The lowest BCUT2D eigenvalue weighted by Crippen LogP contribution is -2.38. The summed E-state index contributed by atoms with van der Waals surface area (Å²) in [6, 6.07) is 9.04. The average molecular weight is 440 g/mol. The molecule has 1 atom stereocenters. The first-order valence-electron chi connectivity index (χ1n) is 10.7. The molecule has 1 N–H and O–H groups in total. The molecule has 0 spiro atoms. The van der Waals surface area contributed by atoms with E-state index in [0.717, 1.165) is 31.1 Å². The fraction of sp³-hybridized carbons (Fsp3) is 0.500. The minimum absolute atomic E-state index is 0.0309. The van der Waals surface area contributed by atoms with E-state index in [1.165, 1.54) is 11.8 Å². The Morgan fingerprint density at radius 3 is 2.45 bits per heavy atom. The summed E-state index contributed by atoms with van der Waals surface area (Å²) in [4.78, 5) is 45.2. The molecular formula is C22H25N5O3S. The molecule has 0 bridgehead atoms. The molecule has 3 aliphatic rings. The molecule has 162 valence electrons. The van der Waals surface area contributed by atoms with Gasteiger partial charge in [-0.15, -0.1) is 0 Å². The molecule has 3 amide bonds. The number of hydrogen-bond donors (Lipinski definition) is 1. The normalized spacial score (nSPS) is 21.7. The highest BCUT2D eigenvalue weighted by Crippen LogP contribution is 2.29. The molecule has 1 unspecified atom stereocenters. The van der Waals surface area contributed by atoms with Gasteiger partial charge >= 0.3 is 0 Å². The second-order valence-electron chi connectivity index (χ2n) is 8.06. The van der Waals surface area contributed by atoms with Crippen molar-refractivity contribution in [2.24, 2.45) is 10.9 Å². The predicted molar refractivity (Wildman–Crippen MR) is 119 cm³/mol. The zero-order valence-corrected chi connectivity index (χ0v) is 18.1. The number of thioether (sulfide) groups is 1. The Morgan fingerprint density at radius 1 is 1.13 bits per heavy atom. The highest BCUT2D eigenvalue weighted by molar-refractivity contribution is 8.15. The van der Waals surface area contributed by atoms with Crippen LogP contribution in [0, 0.1) is 17.2 Å². The van der Waals surface area contributed by atoms with Crippen LogP contribution in [-0.4, -0.2) is 64.1 Å². The van der Waals surface area contributed by atoms with Gasteiger partial charge in [-0.2, -0.15) is 10.3 Å². The first kappa shape index (κ1) is 21.4. The number of rotatable bonds is 4. The van der Waals surface area contributed by atoms with E-state index >= 15 is 0 Å². The van der Waals surface area contributed by atoms with Crippen molar-refractivity contribution < 1.29 is 14.4 Å². The zero-order valence-electron chi connectivity index (χ0n) is 17.2. The highest BCUT2D eigenvalue weighted by atomic mass is 32.2. The molecule has 0 saturated carbocycles. The van der Waals surface area contributed by atoms with E-state index in [2.05, 4.69) is 21.3 Å². The molecule has 0 radical (unpaired) electrons. The molecule has 8 nitrogen and oxygen atoms in total. The minimum atomic E-state index is -0.479. The number of nitrogens with one attached hydrogen (secondary N) is 1. The van der Waals surface area contributed by atoms with Gasteiger partial charge in [0.2, 0.25) is 5.91 Å². The van der Waals surface area contributed by atoms with Crippen molar-refractivity contribution in [3.8, 4) is 6.07 Å². The minimum Gasteiger partial charge on any atom is -0.351 e. The molecule has 2 saturated heterocycles. The summed E-state index contributed by atoms with van der Waals surface area (Å²) in [5, 5.41) is 12.0. The largest absolute Gasteiger partial charge is 0.351 e. The number of aliphatic imine (C=N–C) groups is 1. The number of amides is 3. The second kappa shape index (κ2) is 9.52. The van der Waals surface area contributed by atoms with Crippen molar-refractivity contribution in [2.45, 2.75) is 37.4 Å². The third-order valence-corrected chi connectivity index (χ3v) is 7.07. The summed E-state index contributed by atoms with van der Waals surface area (Å²) < 4.78 is 0. The van der Waals surface area contributed by atoms with Gasteiger partial charge in [0, 0.05) is 49.8 Å². The summed E-state index contributed by atoms with van der Waals surface area (Å²) in [6.07, 6.45) is 3.69. The van der Waals surface area contributed by atoms with Crippen LogP contribution >= 0.6 is 11.8 Å². The number of hydrogen-bond acceptors (Lipinski definition) is 6. The molecular weight excluding hydrogens is 414 g/mol. The van der Waals surface area contributed by atoms with E-state index in [4.69, 9.17) is 5.26 Å². The summed E-state index contributed by atoms with van der Waals surface area (Å²) in [6.45, 7) is 3.01. The average Bonchev–Trinajstić information content (AvgIpc) is 3.44. The Morgan fingerprint density at radius 2 is 1.81 bits per heavy atom. The lowest BCUT2D eigenvalue weighted by molar-refractivity contribution is -0.121. The number of carbonyl (C=O) groups is 3. The number of benzene rings is 1. The Hall–Kier alpha value is -2.86. The van der Waals surface area contributed by atoms with Gasteiger partial charge in [-0.25, -0.2) is 0 Å². The van der Waals surface area contributed by atoms with E-state index < -0.39 is 5.25 Å². The number of piperidine rings is 1. The van der Waals surface area contributed by atoms with Crippen LogP contribution in [0.4, 0.5) is 5.69 Å². The molecule has 1 aromatic rings. The van der Waals surface area contributed by atoms with Crippen LogP contribution in [0.2, 0.25) is 0 Å². The maximum absolute atomic E-state index is 12.6. The van der Waals surface area contributed by atoms with Crippen molar-refractivity contribution in [3.63, 3.8) is 0 Å². The van der Waals surface area contributed by atoms with Crippen molar-refractivity contribution in [1.82, 2.24) is 9.80 Å². The van der Waals surface area contributed by atoms with Crippen LogP contribution in [-0.2, 0) is 9.59 Å². The second-order valence-corrected chi connectivity index (χ2v) is 9.23. The smallest absolute Gasteiger partial charge is 0.262 e. The summed E-state index contributed by atoms with van der Waals surface area (Å²) in [7, 11) is 0. The van der Waals surface area contributed by atoms with Gasteiger partial charge in [-0.1, -0.05) is 11.8 Å². The van der Waals surface area contributed by atoms with Crippen LogP contribution in [0.15, 0.2) is 29.3 Å². The molecule has 3 heterocycles. The molecule has 31 heavy (non-hydrogen) atoms. The maximum atomic E-state index is 12.6. The molecule has 4 rings (SSSR count). The SMILES string of the molecule is N#CC1CCN(C(=O)c2ccc(NC(=O)CC3SC(N4CCCC4)=NC3=O)cc2)CC1. The Bertz CT molecular complexity index is 925. The summed E-state index contributed by atoms with van der Waals surface area (Å²) in [5.41, 5.74) is 1.14. The van der Waals surface area contributed by atoms with Gasteiger partial charge in [0.15, 0.2) is 5.17 Å². The van der Waals surface area contributed by atoms with E-state index in [9.17, 15) is 14.4 Å². The van der Waals surface area contributed by atoms with Gasteiger partial charge in [0.05, 0.1) is 6.07 Å². The fourth-order valence-corrected chi connectivity index (χ4v) is 5.14. The van der Waals surface area contributed by atoms with Gasteiger partial charge < -0.3 is 15.1 Å². The maximum Gasteiger partial charge on any atom is 0.262 e. The third kappa shape index (κ3) is 5.07. The van der Waals surface area contributed by atoms with Crippen molar-refractivity contribution >= 4 is 40.3 Å². The third-order valence-electron chi connectivity index (χ3n) is 5.86. The Balaban J connectivity index is 1.27. The van der Waals surface area contributed by atoms with Crippen LogP contribution in [0.25, 0.3) is 0 Å². The Labute approximate surface area is 185 Å². The van der Waals surface area contributed by atoms with Crippen molar-refractivity contribution in [3.05, 3.63) is 29.8 Å². The van der Waals surface area contributed by atoms with Gasteiger partial charge in [-0.3, -0.25) is 14.4 Å². The van der Waals surface area contributed by atoms with Crippen molar-refractivity contribution in [2.75, 3.05) is 31.5 Å². The Kier molecular flexibility index (Phi) is 6.56. The van der Waals surface area contributed by atoms with Gasteiger partial charge in [0.1, 0.15) is 5.25 Å². The van der Waals surface area contributed by atoms with Crippen LogP contribution in [0.1, 0.15) is 42.5 Å². The van der Waals surface area contributed by atoms with E-state index in [-0.39, 0.29) is 30.1 Å². The number of nitrogens with zero attached hydrogens (tertiary/aromatic N) is 4. The molecule has 2 fully saturated rings. The number of anilines is 1. The standard InChI is InChI=1S/C22H25N5O3S/c23-14-15-7-11-26(12-8-15)21(30)16-3-5-17(6-4-16)24-19(28)13-18-20(29)25-22(31-18)27-9-1-2-10-27/h3-6,15,18H,1-2,7-13H2,(H,24,28). The summed E-state index contributed by atoms with van der Waals surface area (Å²) >= 11 is 1.37. The first-order valence-corrected chi connectivity index (χ1v) is 11.5. The monoisotopic (exact) mass is 439 g/mol. The van der Waals surface area contributed by atoms with Crippen LogP contribution < -0.4 is 5.32 Å². The highest BCUT2D eigenvalue weighted by Gasteiger charge is 2.33. The van der Waals surface area contributed by atoms with Gasteiger partial charge in [-0.05, 0) is 49.9 Å². The van der Waals surface area contributed by atoms with Gasteiger partial charge in [0.25, 0.3) is 11.8 Å². The molecule has 0 aromatic heterocycles. The summed E-state index contributed by atoms with van der Waals surface area (Å²) in [5.74, 6) is -0.526. The molecule has 0 aliphatic carbocycles. The van der Waals surface area contributed by atoms with Crippen molar-refractivity contribution in [1.29, 1.82) is 5.26 Å². The molecule has 3 aliphatic heterocycles. The number of amidine groups is 1. The van der Waals surface area contributed by atoms with Crippen LogP contribution in [0.5, 0.6) is 0 Å². The van der Waals surface area contributed by atoms with E-state index in [1.807, 2.05) is 0 Å². The number of carbonyl (C=O) groups excluding carboxylic acids is 3. The fourth-order valence-electron chi connectivity index (χ4n) is 4.02. The van der Waals surface area contributed by atoms with Crippen LogP contribution in [0.3, 0.4) is 0 Å².